The molecule has 0 spiro atoms. The van der Waals surface area contributed by atoms with Gasteiger partial charge >= 0.3 is 0 Å². The largest absolute Gasteiger partial charge is 0.459 e. The zero-order valence-corrected chi connectivity index (χ0v) is 42.7. The van der Waals surface area contributed by atoms with E-state index < -0.39 is 24.0 Å². The van der Waals surface area contributed by atoms with Gasteiger partial charge in [0.05, 0.1) is 24.8 Å². The zero-order chi connectivity index (χ0) is 50.1. The number of carbonyl (C=O) groups is 1. The third kappa shape index (κ3) is 13.2. The van der Waals surface area contributed by atoms with E-state index in [1.54, 1.807) is 18.2 Å². The average Bonchev–Trinajstić information content (AvgIpc) is 3.40. The number of benzene rings is 4. The van der Waals surface area contributed by atoms with Crippen molar-refractivity contribution in [2.45, 2.75) is 166 Å². The second-order valence-electron chi connectivity index (χ2n) is 20.5. The molecule has 2 fully saturated rings. The lowest BCUT2D eigenvalue weighted by Crippen LogP contribution is -2.70. The van der Waals surface area contributed by atoms with Crippen molar-refractivity contribution >= 4 is 22.4 Å². The molecule has 4 aliphatic rings. The van der Waals surface area contributed by atoms with Crippen molar-refractivity contribution in [3.8, 4) is 17.2 Å². The van der Waals surface area contributed by atoms with Crippen LogP contribution in [0.15, 0.2) is 114 Å². The fraction of sp³-hybridized carbons (Fsp3) is 0.541. The van der Waals surface area contributed by atoms with Gasteiger partial charge in [-0.25, -0.2) is 4.39 Å². The van der Waals surface area contributed by atoms with E-state index >= 15 is 4.79 Å². The van der Waals surface area contributed by atoms with Gasteiger partial charge < -0.3 is 38.9 Å². The number of hydrogen-bond acceptors (Lipinski definition) is 9. The van der Waals surface area contributed by atoms with E-state index in [2.05, 4.69) is 49.9 Å². The Morgan fingerprint density at radius 2 is 1.57 bits per heavy atom. The minimum atomic E-state index is -1.43. The lowest BCUT2D eigenvalue weighted by atomic mass is 9.55. The Labute approximate surface area is 427 Å². The second kappa shape index (κ2) is 26.8. The normalized spacial score (nSPS) is 23.9. The molecule has 0 bridgehead atoms. The molecule has 0 aromatic heterocycles. The number of aliphatic hydroxyl groups excluding tert-OH is 2. The summed E-state index contributed by atoms with van der Waals surface area (Å²) >= 11 is 0. The van der Waals surface area contributed by atoms with Crippen LogP contribution in [0.2, 0.25) is 0 Å². The number of unbranched alkanes of at least 4 members (excludes halogenated alkanes) is 10. The number of carbonyl (C=O) groups excluding carboxylic acids is 1. The number of halogens is 1. The Kier molecular flexibility index (Phi) is 19.8. The van der Waals surface area contributed by atoms with Crippen LogP contribution >= 0.6 is 0 Å². The van der Waals surface area contributed by atoms with Gasteiger partial charge in [-0.1, -0.05) is 131 Å². The molecule has 8 rings (SSSR count). The molecular formula is C61H79FN2O8. The topological polar surface area (TPSA) is 119 Å². The van der Waals surface area contributed by atoms with Crippen LogP contribution in [0, 0.1) is 23.6 Å². The molecular weight excluding hydrogens is 908 g/mol. The van der Waals surface area contributed by atoms with E-state index in [-0.39, 0.29) is 62.3 Å². The smallest absolute Gasteiger partial charge is 0.239 e. The van der Waals surface area contributed by atoms with Crippen LogP contribution in [0.3, 0.4) is 0 Å². The van der Waals surface area contributed by atoms with Gasteiger partial charge in [0.25, 0.3) is 0 Å². The molecule has 4 aromatic rings. The lowest BCUT2D eigenvalue weighted by Gasteiger charge is -2.60. The van der Waals surface area contributed by atoms with Gasteiger partial charge in [0.1, 0.15) is 29.1 Å². The highest BCUT2D eigenvalue weighted by molar-refractivity contribution is 6.03. The van der Waals surface area contributed by atoms with E-state index in [9.17, 15) is 14.6 Å². The first kappa shape index (κ1) is 53.2. The zero-order valence-electron chi connectivity index (χ0n) is 42.7. The van der Waals surface area contributed by atoms with Crippen LogP contribution in [-0.2, 0) is 25.7 Å². The number of aliphatic hydroxyl groups is 2. The van der Waals surface area contributed by atoms with Gasteiger partial charge in [0.15, 0.2) is 0 Å². The van der Waals surface area contributed by atoms with Gasteiger partial charge in [-0.05, 0) is 121 Å². The molecule has 2 N–H and O–H groups in total. The summed E-state index contributed by atoms with van der Waals surface area (Å²) in [6.45, 7) is 7.50. The van der Waals surface area contributed by atoms with Crippen LogP contribution in [-0.4, -0.2) is 71.3 Å². The molecule has 72 heavy (non-hydrogen) atoms. The first-order chi connectivity index (χ1) is 35.3. The fourth-order valence-electron chi connectivity index (χ4n) is 11.9. The van der Waals surface area contributed by atoms with Gasteiger partial charge in [0.2, 0.25) is 18.0 Å². The van der Waals surface area contributed by atoms with Gasteiger partial charge in [0, 0.05) is 50.5 Å². The summed E-state index contributed by atoms with van der Waals surface area (Å²) in [7, 11) is 0. The maximum absolute atomic E-state index is 15.3. The fourth-order valence-corrected chi connectivity index (χ4v) is 11.9. The summed E-state index contributed by atoms with van der Waals surface area (Å²) in [5.74, 6) is -0.372. The van der Waals surface area contributed by atoms with Gasteiger partial charge in [-0.2, -0.15) is 0 Å². The predicted octanol–water partition coefficient (Wildman–Crippen LogP) is 13.9. The first-order valence-corrected chi connectivity index (χ1v) is 27.4. The van der Waals surface area contributed by atoms with Crippen molar-refractivity contribution in [3.63, 3.8) is 0 Å². The van der Waals surface area contributed by atoms with Crippen LogP contribution in [0.5, 0.6) is 17.2 Å². The Hall–Kier alpha value is -5.07. The number of amides is 1. The van der Waals surface area contributed by atoms with Gasteiger partial charge in [-0.3, -0.25) is 4.79 Å². The minimum Gasteiger partial charge on any atom is -0.459 e. The van der Waals surface area contributed by atoms with Crippen LogP contribution in [0.4, 0.5) is 4.39 Å². The molecule has 2 aliphatic heterocycles. The predicted molar refractivity (Wildman–Crippen MR) is 282 cm³/mol. The molecule has 2 heterocycles. The van der Waals surface area contributed by atoms with Crippen molar-refractivity contribution in [2.24, 2.45) is 22.9 Å². The molecule has 1 amide bonds. The minimum absolute atomic E-state index is 0.0283. The molecule has 1 saturated heterocycles. The summed E-state index contributed by atoms with van der Waals surface area (Å²) in [5.41, 5.74) is 3.45. The number of nitrogens with zero attached hydrogens (tertiary/aromatic N) is 2. The third-order valence-corrected chi connectivity index (χ3v) is 15.5. The molecule has 4 aromatic carbocycles. The van der Waals surface area contributed by atoms with Crippen LogP contribution in [0.1, 0.15) is 152 Å². The van der Waals surface area contributed by atoms with E-state index in [0.717, 1.165) is 110 Å². The van der Waals surface area contributed by atoms with Crippen molar-refractivity contribution in [1.82, 2.24) is 4.90 Å². The van der Waals surface area contributed by atoms with Crippen LogP contribution in [0.25, 0.3) is 10.8 Å². The third-order valence-electron chi connectivity index (χ3n) is 15.5. The summed E-state index contributed by atoms with van der Waals surface area (Å²) in [5, 5.41) is 27.5. The number of fused-ring (bicyclic) bond motifs is 3. The number of ether oxygens (including phenoxy) is 4. The van der Waals surface area contributed by atoms with Crippen molar-refractivity contribution in [1.29, 1.82) is 0 Å². The molecule has 1 saturated carbocycles. The quantitative estimate of drug-likeness (QED) is 0.0328. The molecule has 0 radical (unpaired) electrons. The molecule has 7 unspecified atom stereocenters. The second-order valence-corrected chi connectivity index (χ2v) is 20.5. The Morgan fingerprint density at radius 3 is 2.31 bits per heavy atom. The Morgan fingerprint density at radius 1 is 0.847 bits per heavy atom. The van der Waals surface area contributed by atoms with Crippen molar-refractivity contribution < 1.29 is 43.2 Å². The van der Waals surface area contributed by atoms with E-state index in [1.807, 2.05) is 35.2 Å². The molecule has 7 atom stereocenters. The number of oxime groups is 1. The monoisotopic (exact) mass is 987 g/mol. The maximum Gasteiger partial charge on any atom is 0.239 e. The lowest BCUT2D eigenvalue weighted by molar-refractivity contribution is -0.258. The number of rotatable bonds is 28. The standard InChI is InChI=1S/C61H79FN2O8/c1-3-5-6-7-8-9-10-11-12-25-57(67)64(43-44-27-30-48(62)31-28-44)56-42-54(63-72-58-26-17-20-38-68-58)52-40-47(23-15-18-35-65)51(24-16-19-36-66)59-53-41-50(70-49-32-29-45-21-13-14-22-46(45)39-49)33-34-55(53)71-61(56,60(52)59)69-37-4-2/h4,13-14,21-22,27-34,39-41,47,51,56,58-60,65-66H,2-3,5-12,15-20,23-26,35-38,42-43H2,1H3. The number of allylic oxidation sites excluding steroid dienone is 1. The molecule has 388 valence electrons. The highest BCUT2D eigenvalue weighted by Crippen LogP contribution is 2.62. The van der Waals surface area contributed by atoms with E-state index in [1.165, 1.54) is 44.2 Å². The molecule has 11 heteroatoms. The first-order valence-electron chi connectivity index (χ1n) is 27.4. The van der Waals surface area contributed by atoms with Crippen molar-refractivity contribution in [2.75, 3.05) is 26.4 Å². The van der Waals surface area contributed by atoms with Crippen molar-refractivity contribution in [3.05, 3.63) is 126 Å². The highest BCUT2D eigenvalue weighted by Gasteiger charge is 2.65. The summed E-state index contributed by atoms with van der Waals surface area (Å²) in [6, 6.07) is 26.1. The molecule has 10 nitrogen and oxygen atoms in total. The summed E-state index contributed by atoms with van der Waals surface area (Å²) in [4.78, 5) is 23.6. The average molecular weight is 987 g/mol. The van der Waals surface area contributed by atoms with E-state index in [0.29, 0.717) is 37.4 Å². The maximum atomic E-state index is 15.3. The molecule has 2 aliphatic carbocycles. The SMILES string of the molecule is C=CCOC12Oc3ccc(Oc4ccc5ccccc5c4)cc3C3C(CCCCO)C(CCCCO)C=C(C(=NOC4CCCCO4)CC1N(Cc1ccc(F)cc1)C(=O)CCCCCCCCCCC)C32. The van der Waals surface area contributed by atoms with Crippen LogP contribution < -0.4 is 9.47 Å². The summed E-state index contributed by atoms with van der Waals surface area (Å²) < 4.78 is 42.2. The van der Waals surface area contributed by atoms with E-state index in [4.69, 9.17) is 28.9 Å². The highest BCUT2D eigenvalue weighted by atomic mass is 19.1. The summed E-state index contributed by atoms with van der Waals surface area (Å²) in [6.07, 6.45) is 21.6. The van der Waals surface area contributed by atoms with Gasteiger partial charge in [-0.15, -0.1) is 6.58 Å². The Bertz CT molecular complexity index is 2420. The Balaban J connectivity index is 1.26. The number of hydrogen-bond donors (Lipinski definition) is 2.